The standard InChI is InChI=1S/C32H21NO/c1-2-11-21(12-3-1)22-13-4-5-15-24(22)30-26-16-6-8-19-28(26)33-31(30)27-18-10-17-25-23-14-7-9-20-29(23)34-32(25)27/h1-20,30H. The SMILES string of the molecule is c1ccc(-c2ccccc2C2C(c3cccc4c3oc3ccccc34)=Nc3ccccc32)cc1. The Hall–Kier alpha value is -4.43. The van der Waals surface area contributed by atoms with E-state index in [1.165, 1.54) is 22.3 Å². The van der Waals surface area contributed by atoms with Gasteiger partial charge in [-0.25, -0.2) is 0 Å². The van der Waals surface area contributed by atoms with Crippen molar-refractivity contribution in [3.05, 3.63) is 138 Å². The van der Waals surface area contributed by atoms with Crippen molar-refractivity contribution >= 4 is 33.3 Å². The van der Waals surface area contributed by atoms with Gasteiger partial charge in [0.25, 0.3) is 0 Å². The summed E-state index contributed by atoms with van der Waals surface area (Å²) in [6.45, 7) is 0. The number of hydrogen-bond donors (Lipinski definition) is 0. The highest BCUT2D eigenvalue weighted by atomic mass is 16.3. The molecular formula is C32H21NO. The maximum Gasteiger partial charge on any atom is 0.144 e. The summed E-state index contributed by atoms with van der Waals surface area (Å²) in [4.78, 5) is 5.19. The molecule has 0 N–H and O–H groups in total. The number of furan rings is 1. The second kappa shape index (κ2) is 7.57. The minimum absolute atomic E-state index is 0.0198. The molecule has 160 valence electrons. The summed E-state index contributed by atoms with van der Waals surface area (Å²) >= 11 is 0. The van der Waals surface area contributed by atoms with E-state index in [2.05, 4.69) is 109 Å². The van der Waals surface area contributed by atoms with Crippen LogP contribution >= 0.6 is 0 Å². The number of rotatable bonds is 3. The fraction of sp³-hybridized carbons (Fsp3) is 0.0312. The van der Waals surface area contributed by atoms with Gasteiger partial charge in [0.1, 0.15) is 11.2 Å². The lowest BCUT2D eigenvalue weighted by Gasteiger charge is -2.20. The van der Waals surface area contributed by atoms with Crippen LogP contribution in [-0.4, -0.2) is 5.71 Å². The second-order valence-electron chi connectivity index (χ2n) is 8.72. The van der Waals surface area contributed by atoms with Crippen LogP contribution in [0.1, 0.15) is 22.6 Å². The molecule has 1 unspecified atom stereocenters. The Morgan fingerprint density at radius 1 is 0.529 bits per heavy atom. The van der Waals surface area contributed by atoms with E-state index in [9.17, 15) is 0 Å². The Morgan fingerprint density at radius 2 is 1.21 bits per heavy atom. The van der Waals surface area contributed by atoms with Crippen LogP contribution in [0.4, 0.5) is 5.69 Å². The van der Waals surface area contributed by atoms with Crippen molar-refractivity contribution in [2.24, 2.45) is 4.99 Å². The number of hydrogen-bond acceptors (Lipinski definition) is 2. The predicted molar refractivity (Wildman–Crippen MR) is 140 cm³/mol. The van der Waals surface area contributed by atoms with Gasteiger partial charge in [0.15, 0.2) is 0 Å². The first-order valence-electron chi connectivity index (χ1n) is 11.6. The summed E-state index contributed by atoms with van der Waals surface area (Å²) in [5, 5.41) is 2.26. The molecule has 0 fully saturated rings. The largest absolute Gasteiger partial charge is 0.455 e. The van der Waals surface area contributed by atoms with E-state index in [1.54, 1.807) is 0 Å². The lowest BCUT2D eigenvalue weighted by atomic mass is 9.81. The molecule has 1 aromatic heterocycles. The Kier molecular flexibility index (Phi) is 4.25. The molecule has 34 heavy (non-hydrogen) atoms. The molecule has 1 atom stereocenters. The van der Waals surface area contributed by atoms with Gasteiger partial charge in [0, 0.05) is 16.3 Å². The van der Waals surface area contributed by atoms with Crippen molar-refractivity contribution in [1.82, 2.24) is 0 Å². The molecule has 0 saturated heterocycles. The average Bonchev–Trinajstić information content (AvgIpc) is 3.48. The average molecular weight is 436 g/mol. The molecule has 7 rings (SSSR count). The van der Waals surface area contributed by atoms with Crippen molar-refractivity contribution < 1.29 is 4.42 Å². The highest BCUT2D eigenvalue weighted by Gasteiger charge is 2.33. The van der Waals surface area contributed by atoms with Crippen LogP contribution in [0.15, 0.2) is 131 Å². The zero-order chi connectivity index (χ0) is 22.5. The fourth-order valence-electron chi connectivity index (χ4n) is 5.28. The molecule has 2 heteroatoms. The van der Waals surface area contributed by atoms with Gasteiger partial charge in [-0.05, 0) is 40.5 Å². The lowest BCUT2D eigenvalue weighted by Crippen LogP contribution is -2.13. The van der Waals surface area contributed by atoms with Crippen molar-refractivity contribution in [2.45, 2.75) is 5.92 Å². The van der Waals surface area contributed by atoms with Gasteiger partial charge >= 0.3 is 0 Å². The van der Waals surface area contributed by atoms with E-state index >= 15 is 0 Å². The minimum Gasteiger partial charge on any atom is -0.455 e. The molecule has 0 bridgehead atoms. The minimum atomic E-state index is 0.0198. The third-order valence-corrected chi connectivity index (χ3v) is 6.80. The first-order valence-corrected chi connectivity index (χ1v) is 11.6. The summed E-state index contributed by atoms with van der Waals surface area (Å²) in [6.07, 6.45) is 0. The van der Waals surface area contributed by atoms with E-state index in [-0.39, 0.29) is 5.92 Å². The zero-order valence-corrected chi connectivity index (χ0v) is 18.5. The number of para-hydroxylation sites is 3. The summed E-state index contributed by atoms with van der Waals surface area (Å²) < 4.78 is 6.41. The van der Waals surface area contributed by atoms with E-state index in [0.29, 0.717) is 0 Å². The second-order valence-corrected chi connectivity index (χ2v) is 8.72. The molecule has 0 amide bonds. The maximum absolute atomic E-state index is 6.41. The van der Waals surface area contributed by atoms with Crippen LogP contribution < -0.4 is 0 Å². The van der Waals surface area contributed by atoms with Crippen molar-refractivity contribution in [3.63, 3.8) is 0 Å². The quantitative estimate of drug-likeness (QED) is 0.273. The van der Waals surface area contributed by atoms with Gasteiger partial charge in [-0.2, -0.15) is 0 Å². The number of nitrogens with zero attached hydrogens (tertiary/aromatic N) is 1. The number of aliphatic imine (C=N–C) groups is 1. The predicted octanol–water partition coefficient (Wildman–Crippen LogP) is 8.52. The molecule has 0 saturated carbocycles. The molecular weight excluding hydrogens is 414 g/mol. The van der Waals surface area contributed by atoms with E-state index in [1.807, 2.05) is 12.1 Å². The van der Waals surface area contributed by atoms with Gasteiger partial charge < -0.3 is 4.42 Å². The lowest BCUT2D eigenvalue weighted by molar-refractivity contribution is 0.668. The first-order chi connectivity index (χ1) is 16.9. The van der Waals surface area contributed by atoms with Crippen LogP contribution in [0.5, 0.6) is 0 Å². The van der Waals surface area contributed by atoms with Gasteiger partial charge in [-0.1, -0.05) is 103 Å². The molecule has 0 radical (unpaired) electrons. The Balaban J connectivity index is 1.50. The Bertz CT molecular complexity index is 1710. The van der Waals surface area contributed by atoms with Crippen LogP contribution in [0.25, 0.3) is 33.1 Å². The Morgan fingerprint density at radius 3 is 2.12 bits per heavy atom. The van der Waals surface area contributed by atoms with E-state index in [4.69, 9.17) is 9.41 Å². The third kappa shape index (κ3) is 2.85. The maximum atomic E-state index is 6.41. The molecule has 6 aromatic rings. The van der Waals surface area contributed by atoms with Gasteiger partial charge in [-0.15, -0.1) is 0 Å². The molecule has 1 aliphatic heterocycles. The van der Waals surface area contributed by atoms with Crippen LogP contribution in [-0.2, 0) is 0 Å². The zero-order valence-electron chi connectivity index (χ0n) is 18.5. The van der Waals surface area contributed by atoms with Crippen LogP contribution in [0, 0.1) is 0 Å². The highest BCUT2D eigenvalue weighted by molar-refractivity contribution is 6.20. The summed E-state index contributed by atoms with van der Waals surface area (Å²) in [5.41, 5.74) is 9.85. The fourth-order valence-corrected chi connectivity index (χ4v) is 5.28. The highest BCUT2D eigenvalue weighted by Crippen LogP contribution is 2.46. The Labute approximate surface area is 197 Å². The summed E-state index contributed by atoms with van der Waals surface area (Å²) in [5.74, 6) is 0.0198. The molecule has 2 heterocycles. The molecule has 0 aliphatic carbocycles. The normalized spacial score (nSPS) is 14.9. The van der Waals surface area contributed by atoms with Gasteiger partial charge in [0.2, 0.25) is 0 Å². The number of fused-ring (bicyclic) bond motifs is 4. The van der Waals surface area contributed by atoms with Crippen LogP contribution in [0.3, 0.4) is 0 Å². The molecule has 0 spiro atoms. The van der Waals surface area contributed by atoms with Crippen molar-refractivity contribution in [3.8, 4) is 11.1 Å². The van der Waals surface area contributed by atoms with Crippen LogP contribution in [0.2, 0.25) is 0 Å². The van der Waals surface area contributed by atoms with Gasteiger partial charge in [0.05, 0.1) is 17.3 Å². The molecule has 2 nitrogen and oxygen atoms in total. The first kappa shape index (κ1) is 19.1. The third-order valence-electron chi connectivity index (χ3n) is 6.80. The monoisotopic (exact) mass is 435 g/mol. The number of benzene rings is 5. The van der Waals surface area contributed by atoms with Gasteiger partial charge in [-0.3, -0.25) is 4.99 Å². The smallest absolute Gasteiger partial charge is 0.144 e. The summed E-state index contributed by atoms with van der Waals surface area (Å²) in [6, 6.07) is 42.4. The molecule has 1 aliphatic rings. The van der Waals surface area contributed by atoms with E-state index < -0.39 is 0 Å². The van der Waals surface area contributed by atoms with Crippen molar-refractivity contribution in [2.75, 3.05) is 0 Å². The topological polar surface area (TPSA) is 25.5 Å². The van der Waals surface area contributed by atoms with Crippen molar-refractivity contribution in [1.29, 1.82) is 0 Å². The summed E-state index contributed by atoms with van der Waals surface area (Å²) in [7, 11) is 0. The molecule has 5 aromatic carbocycles. The van der Waals surface area contributed by atoms with E-state index in [0.717, 1.165) is 38.9 Å².